The van der Waals surface area contributed by atoms with E-state index in [0.717, 1.165) is 44.3 Å². The number of morpholine rings is 1. The predicted octanol–water partition coefficient (Wildman–Crippen LogP) is 1.65. The van der Waals surface area contributed by atoms with Crippen molar-refractivity contribution in [1.82, 2.24) is 10.2 Å². The molecule has 2 heterocycles. The lowest BCUT2D eigenvalue weighted by atomic mass is 10.1. The first-order valence-electron chi connectivity index (χ1n) is 8.07. The van der Waals surface area contributed by atoms with Gasteiger partial charge in [0.25, 0.3) is 0 Å². The first-order chi connectivity index (χ1) is 10.7. The van der Waals surface area contributed by atoms with Crippen LogP contribution in [0.15, 0.2) is 18.2 Å². The molecule has 122 valence electrons. The first kappa shape index (κ1) is 15.6. The highest BCUT2D eigenvalue weighted by Gasteiger charge is 2.35. The molecule has 3 rings (SSSR count). The lowest BCUT2D eigenvalue weighted by Gasteiger charge is -2.37. The molecule has 2 aliphatic rings. The van der Waals surface area contributed by atoms with E-state index in [4.69, 9.17) is 14.2 Å². The van der Waals surface area contributed by atoms with Gasteiger partial charge >= 0.3 is 0 Å². The van der Waals surface area contributed by atoms with Gasteiger partial charge < -0.3 is 19.5 Å². The highest BCUT2D eigenvalue weighted by atomic mass is 16.5. The molecule has 1 aromatic rings. The van der Waals surface area contributed by atoms with Gasteiger partial charge in [0, 0.05) is 32.2 Å². The molecule has 2 saturated heterocycles. The second kappa shape index (κ2) is 6.86. The Kier molecular flexibility index (Phi) is 4.86. The fraction of sp³-hybridized carbons (Fsp3) is 0.647. The van der Waals surface area contributed by atoms with Crippen molar-refractivity contribution in [3.63, 3.8) is 0 Å². The number of hydrogen-bond acceptors (Lipinski definition) is 5. The largest absolute Gasteiger partial charge is 0.493 e. The third-order valence-electron chi connectivity index (χ3n) is 4.28. The molecule has 0 aromatic heterocycles. The standard InChI is InChI=1S/C17H26N2O3/c1-12(2)22-15-5-4-13(8-16(15)20-3)11-19-6-7-21-17-10-18-9-14(17)19/h4-5,8,12,14,17-18H,6-7,9-11H2,1-3H3/t14-,17+/m1/s1. The molecule has 2 atom stereocenters. The maximum Gasteiger partial charge on any atom is 0.161 e. The second-order valence-electron chi connectivity index (χ2n) is 6.26. The zero-order chi connectivity index (χ0) is 15.5. The van der Waals surface area contributed by atoms with Crippen molar-refractivity contribution in [3.8, 4) is 11.5 Å². The van der Waals surface area contributed by atoms with Gasteiger partial charge in [0.05, 0.1) is 25.9 Å². The fourth-order valence-electron chi connectivity index (χ4n) is 3.25. The molecule has 0 aliphatic carbocycles. The quantitative estimate of drug-likeness (QED) is 0.896. The summed E-state index contributed by atoms with van der Waals surface area (Å²) in [5, 5.41) is 3.42. The number of methoxy groups -OCH3 is 1. The SMILES string of the molecule is COc1cc(CN2CCO[C@H]3CNC[C@H]32)ccc1OC(C)C. The number of rotatable bonds is 5. The average molecular weight is 306 g/mol. The van der Waals surface area contributed by atoms with Crippen molar-refractivity contribution in [2.24, 2.45) is 0 Å². The Hall–Kier alpha value is -1.30. The Bertz CT molecular complexity index is 507. The molecule has 2 fully saturated rings. The highest BCUT2D eigenvalue weighted by molar-refractivity contribution is 5.43. The summed E-state index contributed by atoms with van der Waals surface area (Å²) in [6, 6.07) is 6.71. The van der Waals surface area contributed by atoms with Crippen molar-refractivity contribution in [2.45, 2.75) is 38.6 Å². The lowest BCUT2D eigenvalue weighted by Crippen LogP contribution is -2.50. The number of nitrogens with zero attached hydrogens (tertiary/aromatic N) is 1. The van der Waals surface area contributed by atoms with Crippen LogP contribution in [0.3, 0.4) is 0 Å². The van der Waals surface area contributed by atoms with E-state index in [0.29, 0.717) is 12.1 Å². The Morgan fingerprint density at radius 2 is 2.18 bits per heavy atom. The molecule has 1 N–H and O–H groups in total. The summed E-state index contributed by atoms with van der Waals surface area (Å²) < 4.78 is 17.1. The van der Waals surface area contributed by atoms with Crippen molar-refractivity contribution in [1.29, 1.82) is 0 Å². The van der Waals surface area contributed by atoms with E-state index in [1.54, 1.807) is 7.11 Å². The molecular weight excluding hydrogens is 280 g/mol. The minimum Gasteiger partial charge on any atom is -0.493 e. The van der Waals surface area contributed by atoms with Crippen LogP contribution in [0, 0.1) is 0 Å². The van der Waals surface area contributed by atoms with Crippen LogP contribution < -0.4 is 14.8 Å². The van der Waals surface area contributed by atoms with Gasteiger partial charge in [-0.05, 0) is 31.5 Å². The highest BCUT2D eigenvalue weighted by Crippen LogP contribution is 2.30. The van der Waals surface area contributed by atoms with Gasteiger partial charge in [0.15, 0.2) is 11.5 Å². The Morgan fingerprint density at radius 3 is 2.95 bits per heavy atom. The van der Waals surface area contributed by atoms with Crippen molar-refractivity contribution in [2.75, 3.05) is 33.4 Å². The van der Waals surface area contributed by atoms with E-state index in [1.165, 1.54) is 5.56 Å². The van der Waals surface area contributed by atoms with Gasteiger partial charge in [-0.15, -0.1) is 0 Å². The minimum absolute atomic E-state index is 0.143. The van der Waals surface area contributed by atoms with Crippen LogP contribution in [0.2, 0.25) is 0 Å². The maximum absolute atomic E-state index is 5.83. The monoisotopic (exact) mass is 306 g/mol. The molecule has 0 radical (unpaired) electrons. The summed E-state index contributed by atoms with van der Waals surface area (Å²) in [4.78, 5) is 2.51. The Labute approximate surface area is 132 Å². The summed E-state index contributed by atoms with van der Waals surface area (Å²) >= 11 is 0. The molecule has 5 heteroatoms. The number of hydrogen-bond donors (Lipinski definition) is 1. The van der Waals surface area contributed by atoms with Crippen LogP contribution in [0.1, 0.15) is 19.4 Å². The van der Waals surface area contributed by atoms with E-state index in [-0.39, 0.29) is 6.10 Å². The molecule has 5 nitrogen and oxygen atoms in total. The zero-order valence-electron chi connectivity index (χ0n) is 13.7. The number of benzene rings is 1. The summed E-state index contributed by atoms with van der Waals surface area (Å²) in [5.74, 6) is 1.61. The van der Waals surface area contributed by atoms with E-state index in [1.807, 2.05) is 19.9 Å². The predicted molar refractivity (Wildman–Crippen MR) is 85.6 cm³/mol. The summed E-state index contributed by atoms with van der Waals surface area (Å²) in [6.07, 6.45) is 0.475. The van der Waals surface area contributed by atoms with E-state index in [9.17, 15) is 0 Å². The van der Waals surface area contributed by atoms with Gasteiger partial charge in [-0.25, -0.2) is 0 Å². The molecule has 0 saturated carbocycles. The number of fused-ring (bicyclic) bond motifs is 1. The van der Waals surface area contributed by atoms with Crippen LogP contribution in [0.4, 0.5) is 0 Å². The van der Waals surface area contributed by atoms with E-state index in [2.05, 4.69) is 22.3 Å². The van der Waals surface area contributed by atoms with Crippen molar-refractivity contribution >= 4 is 0 Å². The van der Waals surface area contributed by atoms with Crippen LogP contribution in [-0.4, -0.2) is 56.5 Å². The molecule has 22 heavy (non-hydrogen) atoms. The van der Waals surface area contributed by atoms with Gasteiger partial charge in [-0.3, -0.25) is 4.90 Å². The Balaban J connectivity index is 1.72. The van der Waals surface area contributed by atoms with Gasteiger partial charge in [-0.1, -0.05) is 6.07 Å². The van der Waals surface area contributed by atoms with Gasteiger partial charge in [-0.2, -0.15) is 0 Å². The summed E-state index contributed by atoms with van der Waals surface area (Å²) in [7, 11) is 1.69. The van der Waals surface area contributed by atoms with Gasteiger partial charge in [0.1, 0.15) is 0 Å². The molecule has 0 bridgehead atoms. The fourth-order valence-corrected chi connectivity index (χ4v) is 3.25. The third kappa shape index (κ3) is 3.37. The molecule has 0 spiro atoms. The zero-order valence-corrected chi connectivity index (χ0v) is 13.7. The van der Waals surface area contributed by atoms with Crippen LogP contribution >= 0.6 is 0 Å². The molecule has 1 aromatic carbocycles. The normalized spacial score (nSPS) is 25.3. The summed E-state index contributed by atoms with van der Waals surface area (Å²) in [6.45, 7) is 8.74. The van der Waals surface area contributed by atoms with Crippen molar-refractivity contribution in [3.05, 3.63) is 23.8 Å². The molecule has 2 aliphatic heterocycles. The third-order valence-corrected chi connectivity index (χ3v) is 4.28. The molecule has 0 amide bonds. The maximum atomic E-state index is 5.83. The van der Waals surface area contributed by atoms with Crippen molar-refractivity contribution < 1.29 is 14.2 Å². The number of ether oxygens (including phenoxy) is 3. The van der Waals surface area contributed by atoms with E-state index >= 15 is 0 Å². The Morgan fingerprint density at radius 1 is 1.32 bits per heavy atom. The van der Waals surface area contributed by atoms with Gasteiger partial charge in [0.2, 0.25) is 0 Å². The molecular formula is C17H26N2O3. The van der Waals surface area contributed by atoms with Crippen LogP contribution in [-0.2, 0) is 11.3 Å². The average Bonchev–Trinajstić information content (AvgIpc) is 2.98. The lowest BCUT2D eigenvalue weighted by molar-refractivity contribution is -0.0500. The summed E-state index contributed by atoms with van der Waals surface area (Å²) in [5.41, 5.74) is 1.25. The van der Waals surface area contributed by atoms with Crippen LogP contribution in [0.25, 0.3) is 0 Å². The first-order valence-corrected chi connectivity index (χ1v) is 8.07. The molecule has 0 unspecified atom stereocenters. The number of nitrogens with one attached hydrogen (secondary N) is 1. The van der Waals surface area contributed by atoms with E-state index < -0.39 is 0 Å². The second-order valence-corrected chi connectivity index (χ2v) is 6.26. The minimum atomic E-state index is 0.143. The topological polar surface area (TPSA) is 43.0 Å². The smallest absolute Gasteiger partial charge is 0.161 e. The van der Waals surface area contributed by atoms with Crippen LogP contribution in [0.5, 0.6) is 11.5 Å².